The monoisotopic (exact) mass is 374 g/mol. The van der Waals surface area contributed by atoms with E-state index in [1.54, 1.807) is 6.07 Å². The highest BCUT2D eigenvalue weighted by Gasteiger charge is 2.34. The van der Waals surface area contributed by atoms with Crippen LogP contribution in [0.25, 0.3) is 10.9 Å². The molecule has 1 aliphatic rings. The quantitative estimate of drug-likeness (QED) is 0.659. The van der Waals surface area contributed by atoms with Gasteiger partial charge in [0.05, 0.1) is 23.2 Å². The van der Waals surface area contributed by atoms with E-state index in [0.717, 1.165) is 27.7 Å². The Balaban J connectivity index is 1.88. The van der Waals surface area contributed by atoms with Crippen molar-refractivity contribution >= 4 is 40.1 Å². The molecule has 0 saturated heterocycles. The molecule has 2 aromatic carbocycles. The summed E-state index contributed by atoms with van der Waals surface area (Å²) in [5.41, 5.74) is 4.15. The number of carbonyl (C=O) groups is 1. The first kappa shape index (κ1) is 16.5. The molecule has 3 aromatic rings. The van der Waals surface area contributed by atoms with Crippen LogP contribution in [0.4, 0.5) is 0 Å². The lowest BCUT2D eigenvalue weighted by Gasteiger charge is -2.30. The van der Waals surface area contributed by atoms with Gasteiger partial charge in [-0.15, -0.1) is 0 Å². The molecule has 128 valence electrons. The summed E-state index contributed by atoms with van der Waals surface area (Å²) >= 11 is 12.3. The molecule has 6 heteroatoms. The third kappa shape index (κ3) is 2.80. The van der Waals surface area contributed by atoms with E-state index >= 15 is 0 Å². The van der Waals surface area contributed by atoms with E-state index in [-0.39, 0.29) is 12.0 Å². The molecule has 4 rings (SSSR count). The summed E-state index contributed by atoms with van der Waals surface area (Å²) < 4.78 is 4.96. The van der Waals surface area contributed by atoms with Gasteiger partial charge >= 0.3 is 5.97 Å². The molecule has 0 saturated carbocycles. The number of nitrogens with one attached hydrogen (secondary N) is 2. The zero-order chi connectivity index (χ0) is 17.6. The zero-order valence-corrected chi connectivity index (χ0v) is 15.0. The molecule has 0 spiro atoms. The molecule has 0 radical (unpaired) electrons. The van der Waals surface area contributed by atoms with Crippen LogP contribution in [-0.4, -0.2) is 24.1 Å². The van der Waals surface area contributed by atoms with Crippen LogP contribution in [0, 0.1) is 0 Å². The van der Waals surface area contributed by atoms with Crippen LogP contribution in [0.3, 0.4) is 0 Å². The largest absolute Gasteiger partial charge is 0.468 e. The molecule has 0 bridgehead atoms. The van der Waals surface area contributed by atoms with Crippen LogP contribution in [-0.2, 0) is 16.0 Å². The highest BCUT2D eigenvalue weighted by atomic mass is 35.5. The molecule has 1 aliphatic heterocycles. The number of hydrogen-bond donors (Lipinski definition) is 2. The van der Waals surface area contributed by atoms with Gasteiger partial charge in [-0.1, -0.05) is 47.5 Å². The smallest absolute Gasteiger partial charge is 0.323 e. The Hall–Kier alpha value is -2.01. The Labute approximate surface area is 155 Å². The summed E-state index contributed by atoms with van der Waals surface area (Å²) in [6.07, 6.45) is 0.573. The molecule has 0 fully saturated rings. The predicted molar refractivity (Wildman–Crippen MR) is 99.2 cm³/mol. The molecule has 2 N–H and O–H groups in total. The summed E-state index contributed by atoms with van der Waals surface area (Å²) in [4.78, 5) is 15.7. The maximum absolute atomic E-state index is 12.2. The maximum Gasteiger partial charge on any atom is 0.323 e. The van der Waals surface area contributed by atoms with E-state index in [2.05, 4.69) is 16.4 Å². The molecule has 25 heavy (non-hydrogen) atoms. The number of benzene rings is 2. The second-order valence-corrected chi connectivity index (χ2v) is 6.93. The number of halogens is 2. The van der Waals surface area contributed by atoms with E-state index in [1.807, 2.05) is 30.3 Å². The van der Waals surface area contributed by atoms with Gasteiger partial charge in [-0.25, -0.2) is 0 Å². The Morgan fingerprint density at radius 3 is 2.72 bits per heavy atom. The van der Waals surface area contributed by atoms with E-state index in [1.165, 1.54) is 7.11 Å². The first-order valence-corrected chi connectivity index (χ1v) is 8.72. The average Bonchev–Trinajstić information content (AvgIpc) is 3.01. The van der Waals surface area contributed by atoms with Gasteiger partial charge in [0.2, 0.25) is 0 Å². The van der Waals surface area contributed by atoms with Gasteiger partial charge < -0.3 is 9.72 Å². The van der Waals surface area contributed by atoms with Crippen molar-refractivity contribution in [2.75, 3.05) is 7.11 Å². The number of methoxy groups -OCH3 is 1. The van der Waals surface area contributed by atoms with E-state index in [9.17, 15) is 4.79 Å². The normalized spacial score (nSPS) is 19.6. The second-order valence-electron chi connectivity index (χ2n) is 6.12. The minimum absolute atomic E-state index is 0.199. The highest BCUT2D eigenvalue weighted by molar-refractivity contribution is 6.42. The second kappa shape index (κ2) is 6.37. The van der Waals surface area contributed by atoms with Crippen LogP contribution in [0.15, 0.2) is 42.5 Å². The molecule has 2 atom stereocenters. The van der Waals surface area contributed by atoms with Crippen molar-refractivity contribution in [1.82, 2.24) is 10.3 Å². The van der Waals surface area contributed by atoms with Crippen molar-refractivity contribution < 1.29 is 9.53 Å². The van der Waals surface area contributed by atoms with Crippen LogP contribution in [0.2, 0.25) is 10.0 Å². The van der Waals surface area contributed by atoms with E-state index < -0.39 is 6.04 Å². The molecule has 2 heterocycles. The summed E-state index contributed by atoms with van der Waals surface area (Å²) in [5, 5.41) is 5.49. The Morgan fingerprint density at radius 2 is 1.96 bits per heavy atom. The number of ether oxygens (including phenoxy) is 1. The first-order chi connectivity index (χ1) is 12.1. The fourth-order valence-electron chi connectivity index (χ4n) is 3.48. The average molecular weight is 375 g/mol. The lowest BCUT2D eigenvalue weighted by Crippen LogP contribution is -2.45. The topological polar surface area (TPSA) is 54.1 Å². The van der Waals surface area contributed by atoms with Crippen LogP contribution >= 0.6 is 23.2 Å². The summed E-state index contributed by atoms with van der Waals surface area (Å²) in [7, 11) is 1.41. The minimum atomic E-state index is -0.420. The van der Waals surface area contributed by atoms with Crippen molar-refractivity contribution in [2.45, 2.75) is 18.5 Å². The van der Waals surface area contributed by atoms with Crippen molar-refractivity contribution in [1.29, 1.82) is 0 Å². The third-order valence-corrected chi connectivity index (χ3v) is 5.41. The zero-order valence-electron chi connectivity index (χ0n) is 13.5. The van der Waals surface area contributed by atoms with Gasteiger partial charge in [-0.2, -0.15) is 0 Å². The molecule has 4 nitrogen and oxygen atoms in total. The van der Waals surface area contributed by atoms with Gasteiger partial charge in [0.25, 0.3) is 0 Å². The van der Waals surface area contributed by atoms with Crippen molar-refractivity contribution in [3.05, 3.63) is 69.3 Å². The Bertz CT molecular complexity index is 967. The molecular formula is C19H16Cl2N2O2. The van der Waals surface area contributed by atoms with Gasteiger partial charge in [0.15, 0.2) is 0 Å². The van der Waals surface area contributed by atoms with E-state index in [4.69, 9.17) is 27.9 Å². The Morgan fingerprint density at radius 1 is 1.16 bits per heavy atom. The van der Waals surface area contributed by atoms with Crippen LogP contribution < -0.4 is 5.32 Å². The number of esters is 1. The van der Waals surface area contributed by atoms with Gasteiger partial charge in [0, 0.05) is 23.0 Å². The highest BCUT2D eigenvalue weighted by Crippen LogP contribution is 2.37. The number of carbonyl (C=O) groups excluding carboxylic acids is 1. The van der Waals surface area contributed by atoms with Crippen LogP contribution in [0.5, 0.6) is 0 Å². The predicted octanol–water partition coefficient (Wildman–Crippen LogP) is 4.25. The summed E-state index contributed by atoms with van der Waals surface area (Å²) in [5.74, 6) is -0.277. The number of aromatic nitrogens is 1. The van der Waals surface area contributed by atoms with Crippen molar-refractivity contribution in [3.8, 4) is 0 Å². The minimum Gasteiger partial charge on any atom is -0.468 e. The number of para-hydroxylation sites is 1. The molecule has 0 unspecified atom stereocenters. The summed E-state index contributed by atoms with van der Waals surface area (Å²) in [6.45, 7) is 0. The Kier molecular flexibility index (Phi) is 4.20. The lowest BCUT2D eigenvalue weighted by molar-refractivity contribution is -0.143. The third-order valence-electron chi connectivity index (χ3n) is 4.67. The maximum atomic E-state index is 12.2. The van der Waals surface area contributed by atoms with Crippen LogP contribution in [0.1, 0.15) is 22.9 Å². The fraction of sp³-hybridized carbons (Fsp3) is 0.211. The van der Waals surface area contributed by atoms with E-state index in [0.29, 0.717) is 16.5 Å². The molecule has 0 aliphatic carbocycles. The van der Waals surface area contributed by atoms with Gasteiger partial charge in [0.1, 0.15) is 6.04 Å². The fourth-order valence-corrected chi connectivity index (χ4v) is 3.79. The SMILES string of the molecule is COC(=O)[C@H]1Cc2c([nH]c3ccccc23)[C@H](c2ccc(Cl)c(Cl)c2)N1. The first-order valence-electron chi connectivity index (χ1n) is 7.97. The van der Waals surface area contributed by atoms with Gasteiger partial charge in [-0.3, -0.25) is 10.1 Å². The number of hydrogen-bond acceptors (Lipinski definition) is 3. The molecule has 1 aromatic heterocycles. The standard InChI is InChI=1S/C19H16Cl2N2O2/c1-25-19(24)16-9-12-11-4-2-3-5-15(11)22-18(12)17(23-16)10-6-7-13(20)14(21)8-10/h2-8,16-17,22-23H,9H2,1H3/t16-,17+/m1/s1. The summed E-state index contributed by atoms with van der Waals surface area (Å²) in [6, 6.07) is 13.0. The van der Waals surface area contributed by atoms with Crippen molar-refractivity contribution in [2.24, 2.45) is 0 Å². The number of fused-ring (bicyclic) bond motifs is 3. The number of aromatic amines is 1. The molecular weight excluding hydrogens is 359 g/mol. The lowest BCUT2D eigenvalue weighted by atomic mass is 9.90. The number of H-pyrrole nitrogens is 1. The molecule has 0 amide bonds. The van der Waals surface area contributed by atoms with Crippen molar-refractivity contribution in [3.63, 3.8) is 0 Å². The number of rotatable bonds is 2. The van der Waals surface area contributed by atoms with Gasteiger partial charge in [-0.05, 0) is 29.3 Å².